The predicted molar refractivity (Wildman–Crippen MR) is 64.3 cm³/mol. The van der Waals surface area contributed by atoms with E-state index in [0.717, 1.165) is 0 Å². The van der Waals surface area contributed by atoms with Gasteiger partial charge in [0.15, 0.2) is 0 Å². The number of benzene rings is 1. The van der Waals surface area contributed by atoms with E-state index in [4.69, 9.17) is 0 Å². The van der Waals surface area contributed by atoms with Crippen LogP contribution < -0.4 is 5.32 Å². The highest BCUT2D eigenvalue weighted by Crippen LogP contribution is 2.12. The topological polar surface area (TPSA) is 63.0 Å². The zero-order valence-electron chi connectivity index (χ0n) is 9.83. The molecule has 1 heterocycles. The normalized spacial score (nSPS) is 12.6. The van der Waals surface area contributed by atoms with Crippen molar-refractivity contribution in [1.82, 2.24) is 20.3 Å². The second-order valence-electron chi connectivity index (χ2n) is 3.94. The maximum atomic E-state index is 12.7. The summed E-state index contributed by atoms with van der Waals surface area (Å²) < 4.78 is 14.4. The molecule has 0 spiro atoms. The first-order valence-corrected chi connectivity index (χ1v) is 5.74. The van der Waals surface area contributed by atoms with E-state index < -0.39 is 6.10 Å². The number of halogens is 1. The van der Waals surface area contributed by atoms with Gasteiger partial charge in [-0.1, -0.05) is 17.3 Å². The molecule has 0 amide bonds. The fourth-order valence-corrected chi connectivity index (χ4v) is 1.59. The number of hydrogen-bond donors (Lipinski definition) is 2. The summed E-state index contributed by atoms with van der Waals surface area (Å²) in [5, 5.41) is 20.5. The summed E-state index contributed by atoms with van der Waals surface area (Å²) in [4.78, 5) is 0. The summed E-state index contributed by atoms with van der Waals surface area (Å²) in [5.41, 5.74) is 0.699. The van der Waals surface area contributed by atoms with E-state index in [9.17, 15) is 9.50 Å². The predicted octanol–water partition coefficient (Wildman–Crippen LogP) is 0.740. The largest absolute Gasteiger partial charge is 0.387 e. The first kappa shape index (κ1) is 12.7. The molecule has 0 fully saturated rings. The second-order valence-corrected chi connectivity index (χ2v) is 3.94. The molecule has 5 nitrogen and oxygen atoms in total. The highest BCUT2D eigenvalue weighted by molar-refractivity contribution is 5.18. The third-order valence-electron chi connectivity index (χ3n) is 2.58. The molecule has 1 aromatic carbocycles. The molecule has 6 heteroatoms. The Labute approximate surface area is 104 Å². The van der Waals surface area contributed by atoms with Gasteiger partial charge < -0.3 is 10.4 Å². The van der Waals surface area contributed by atoms with Crippen LogP contribution in [0.25, 0.3) is 0 Å². The van der Waals surface area contributed by atoms with E-state index in [1.54, 1.807) is 29.2 Å². The van der Waals surface area contributed by atoms with Gasteiger partial charge in [-0.2, -0.15) is 0 Å². The average Bonchev–Trinajstić information content (AvgIpc) is 2.88. The van der Waals surface area contributed by atoms with Gasteiger partial charge in [0, 0.05) is 19.3 Å². The minimum absolute atomic E-state index is 0.301. The van der Waals surface area contributed by atoms with Crippen molar-refractivity contribution in [1.29, 1.82) is 0 Å². The molecule has 0 saturated carbocycles. The van der Waals surface area contributed by atoms with Crippen LogP contribution in [-0.2, 0) is 6.54 Å². The standard InChI is InChI=1S/C12H15FN4O/c13-11-3-1-10(2-4-11)12(18)9-14-5-7-17-8-6-15-16-17/h1-4,6,8,12,14,18H,5,7,9H2. The lowest BCUT2D eigenvalue weighted by Gasteiger charge is -2.12. The fourth-order valence-electron chi connectivity index (χ4n) is 1.59. The average molecular weight is 250 g/mol. The van der Waals surface area contributed by atoms with Crippen molar-refractivity contribution in [2.45, 2.75) is 12.6 Å². The molecule has 0 bridgehead atoms. The molecule has 96 valence electrons. The second kappa shape index (κ2) is 6.23. The third kappa shape index (κ3) is 3.61. The lowest BCUT2D eigenvalue weighted by molar-refractivity contribution is 0.174. The zero-order chi connectivity index (χ0) is 12.8. The minimum Gasteiger partial charge on any atom is -0.387 e. The van der Waals surface area contributed by atoms with Gasteiger partial charge >= 0.3 is 0 Å². The Morgan fingerprint density at radius 1 is 1.33 bits per heavy atom. The Balaban J connectivity index is 1.71. The van der Waals surface area contributed by atoms with E-state index in [1.165, 1.54) is 12.1 Å². The van der Waals surface area contributed by atoms with Gasteiger partial charge in [0.05, 0.1) is 18.8 Å². The zero-order valence-corrected chi connectivity index (χ0v) is 9.83. The van der Waals surface area contributed by atoms with E-state index in [2.05, 4.69) is 15.6 Å². The number of nitrogens with zero attached hydrogens (tertiary/aromatic N) is 3. The van der Waals surface area contributed by atoms with Crippen LogP contribution in [0.3, 0.4) is 0 Å². The smallest absolute Gasteiger partial charge is 0.123 e. The maximum absolute atomic E-state index is 12.7. The van der Waals surface area contributed by atoms with Gasteiger partial charge in [0.2, 0.25) is 0 Å². The van der Waals surface area contributed by atoms with Crippen LogP contribution in [0.2, 0.25) is 0 Å². The van der Waals surface area contributed by atoms with Crippen LogP contribution >= 0.6 is 0 Å². The Morgan fingerprint density at radius 2 is 2.11 bits per heavy atom. The number of hydrogen-bond acceptors (Lipinski definition) is 4. The molecule has 18 heavy (non-hydrogen) atoms. The lowest BCUT2D eigenvalue weighted by atomic mass is 10.1. The molecular formula is C12H15FN4O. The molecule has 1 atom stereocenters. The molecule has 2 N–H and O–H groups in total. The third-order valence-corrected chi connectivity index (χ3v) is 2.58. The van der Waals surface area contributed by atoms with Gasteiger partial charge in [-0.25, -0.2) is 4.39 Å². The van der Waals surface area contributed by atoms with Crippen LogP contribution in [0.5, 0.6) is 0 Å². The molecule has 2 aromatic rings. The molecule has 0 radical (unpaired) electrons. The molecule has 0 aliphatic rings. The van der Waals surface area contributed by atoms with Crippen molar-refractivity contribution in [3.63, 3.8) is 0 Å². The fraction of sp³-hybridized carbons (Fsp3) is 0.333. The van der Waals surface area contributed by atoms with Gasteiger partial charge in [0.25, 0.3) is 0 Å². The molecule has 0 aliphatic carbocycles. The monoisotopic (exact) mass is 250 g/mol. The number of aromatic nitrogens is 3. The van der Waals surface area contributed by atoms with E-state index in [0.29, 0.717) is 25.2 Å². The van der Waals surface area contributed by atoms with Crippen molar-refractivity contribution in [3.05, 3.63) is 48.0 Å². The van der Waals surface area contributed by atoms with E-state index in [1.807, 2.05) is 0 Å². The molecule has 0 saturated heterocycles. The van der Waals surface area contributed by atoms with Gasteiger partial charge in [-0.3, -0.25) is 4.68 Å². The van der Waals surface area contributed by atoms with Crippen LogP contribution in [0, 0.1) is 5.82 Å². The van der Waals surface area contributed by atoms with Crippen molar-refractivity contribution < 1.29 is 9.50 Å². The molecular weight excluding hydrogens is 235 g/mol. The number of nitrogens with one attached hydrogen (secondary N) is 1. The highest BCUT2D eigenvalue weighted by atomic mass is 19.1. The summed E-state index contributed by atoms with van der Waals surface area (Å²) in [6.45, 7) is 1.79. The quantitative estimate of drug-likeness (QED) is 0.742. The van der Waals surface area contributed by atoms with Gasteiger partial charge in [-0.05, 0) is 17.7 Å². The molecule has 1 aromatic heterocycles. The van der Waals surface area contributed by atoms with E-state index >= 15 is 0 Å². The summed E-state index contributed by atoms with van der Waals surface area (Å²) >= 11 is 0. The molecule has 2 rings (SSSR count). The van der Waals surface area contributed by atoms with Crippen molar-refractivity contribution in [3.8, 4) is 0 Å². The molecule has 1 unspecified atom stereocenters. The minimum atomic E-state index is -0.638. The first-order chi connectivity index (χ1) is 8.75. The number of aliphatic hydroxyl groups excluding tert-OH is 1. The Morgan fingerprint density at radius 3 is 2.78 bits per heavy atom. The van der Waals surface area contributed by atoms with Crippen LogP contribution in [0.1, 0.15) is 11.7 Å². The van der Waals surface area contributed by atoms with Crippen molar-refractivity contribution in [2.75, 3.05) is 13.1 Å². The Kier molecular flexibility index (Phi) is 4.38. The van der Waals surface area contributed by atoms with Crippen LogP contribution in [0.15, 0.2) is 36.7 Å². The van der Waals surface area contributed by atoms with E-state index in [-0.39, 0.29) is 5.82 Å². The number of aliphatic hydroxyl groups is 1. The van der Waals surface area contributed by atoms with Crippen molar-refractivity contribution >= 4 is 0 Å². The summed E-state index contributed by atoms with van der Waals surface area (Å²) in [5.74, 6) is -0.301. The lowest BCUT2D eigenvalue weighted by Crippen LogP contribution is -2.25. The SMILES string of the molecule is OC(CNCCn1ccnn1)c1ccc(F)cc1. The summed E-state index contributed by atoms with van der Waals surface area (Å²) in [6, 6.07) is 5.85. The van der Waals surface area contributed by atoms with Crippen molar-refractivity contribution in [2.24, 2.45) is 0 Å². The summed E-state index contributed by atoms with van der Waals surface area (Å²) in [6.07, 6.45) is 2.76. The number of rotatable bonds is 6. The maximum Gasteiger partial charge on any atom is 0.123 e. The summed E-state index contributed by atoms with van der Waals surface area (Å²) in [7, 11) is 0. The van der Waals surface area contributed by atoms with Gasteiger partial charge in [-0.15, -0.1) is 5.10 Å². The first-order valence-electron chi connectivity index (χ1n) is 5.74. The molecule has 0 aliphatic heterocycles. The van der Waals surface area contributed by atoms with Crippen LogP contribution in [-0.4, -0.2) is 33.2 Å². The van der Waals surface area contributed by atoms with Gasteiger partial charge in [0.1, 0.15) is 5.82 Å². The van der Waals surface area contributed by atoms with Crippen LogP contribution in [0.4, 0.5) is 4.39 Å². The Bertz CT molecular complexity index is 457. The highest BCUT2D eigenvalue weighted by Gasteiger charge is 2.06. The Hall–Kier alpha value is -1.79.